The Morgan fingerprint density at radius 2 is 2.20 bits per heavy atom. The van der Waals surface area contributed by atoms with Crippen LogP contribution < -0.4 is 5.73 Å². The van der Waals surface area contributed by atoms with E-state index in [2.05, 4.69) is 4.74 Å². The zero-order valence-electron chi connectivity index (χ0n) is 5.66. The van der Waals surface area contributed by atoms with E-state index in [-0.39, 0.29) is 6.54 Å². The first-order valence-corrected chi connectivity index (χ1v) is 2.78. The Labute approximate surface area is 58.7 Å². The van der Waals surface area contributed by atoms with Gasteiger partial charge in [-0.3, -0.25) is 4.79 Å². The van der Waals surface area contributed by atoms with Crippen LogP contribution in [-0.4, -0.2) is 18.5 Å². The lowest BCUT2D eigenvalue weighted by atomic mass is 10.5. The number of hydrogen-bond acceptors (Lipinski definition) is 4. The molecule has 0 aliphatic rings. The summed E-state index contributed by atoms with van der Waals surface area (Å²) in [5.74, 6) is -1.40. The summed E-state index contributed by atoms with van der Waals surface area (Å²) in [6.45, 7) is 1.37. The van der Waals surface area contributed by atoms with Crippen molar-refractivity contribution >= 4 is 11.9 Å². The van der Waals surface area contributed by atoms with E-state index in [1.807, 2.05) is 0 Å². The standard InChI is InChI=1S/C6H9NO3/c1-2-3-5(8)10-6(9)4-7/h2-3H,4,7H2,1H3/b3-2+. The smallest absolute Gasteiger partial charge is 0.338 e. The van der Waals surface area contributed by atoms with Gasteiger partial charge in [0.05, 0.1) is 6.54 Å². The molecule has 0 aliphatic heterocycles. The highest BCUT2D eigenvalue weighted by Crippen LogP contribution is 1.80. The van der Waals surface area contributed by atoms with Crippen molar-refractivity contribution in [2.24, 2.45) is 5.73 Å². The topological polar surface area (TPSA) is 69.4 Å². The number of rotatable bonds is 2. The van der Waals surface area contributed by atoms with Gasteiger partial charge in [0.1, 0.15) is 0 Å². The highest BCUT2D eigenvalue weighted by Gasteiger charge is 2.02. The molecule has 0 atom stereocenters. The lowest BCUT2D eigenvalue weighted by molar-refractivity contribution is -0.155. The predicted octanol–water partition coefficient (Wildman–Crippen LogP) is -0.409. The maximum Gasteiger partial charge on any atom is 0.338 e. The van der Waals surface area contributed by atoms with Crippen molar-refractivity contribution in [2.75, 3.05) is 6.54 Å². The van der Waals surface area contributed by atoms with Crippen LogP contribution >= 0.6 is 0 Å². The average Bonchev–Trinajstić information content (AvgIpc) is 1.88. The molecule has 0 saturated carbocycles. The molecular weight excluding hydrogens is 134 g/mol. The number of allylic oxidation sites excluding steroid dienone is 1. The SMILES string of the molecule is C/C=C/C(=O)OC(=O)CN. The molecule has 0 spiro atoms. The monoisotopic (exact) mass is 143 g/mol. The molecule has 4 heteroatoms. The summed E-state index contributed by atoms with van der Waals surface area (Å²) >= 11 is 0. The summed E-state index contributed by atoms with van der Waals surface area (Å²) in [6.07, 6.45) is 2.62. The molecule has 0 unspecified atom stereocenters. The molecule has 0 aliphatic carbocycles. The Kier molecular flexibility index (Phi) is 4.15. The van der Waals surface area contributed by atoms with Gasteiger partial charge in [0.2, 0.25) is 0 Å². The molecule has 0 aromatic heterocycles. The van der Waals surface area contributed by atoms with Crippen LogP contribution in [0.3, 0.4) is 0 Å². The highest BCUT2D eigenvalue weighted by molar-refractivity contribution is 5.92. The summed E-state index contributed by atoms with van der Waals surface area (Å²) in [5, 5.41) is 0. The van der Waals surface area contributed by atoms with E-state index in [9.17, 15) is 9.59 Å². The van der Waals surface area contributed by atoms with Crippen molar-refractivity contribution in [2.45, 2.75) is 6.92 Å². The molecule has 0 fully saturated rings. The zero-order valence-corrected chi connectivity index (χ0v) is 5.66. The zero-order chi connectivity index (χ0) is 7.98. The molecule has 2 N–H and O–H groups in total. The summed E-state index contributed by atoms with van der Waals surface area (Å²) in [4.78, 5) is 20.7. The summed E-state index contributed by atoms with van der Waals surface area (Å²) in [6, 6.07) is 0. The maximum atomic E-state index is 10.4. The quantitative estimate of drug-likeness (QED) is 0.324. The lowest BCUT2D eigenvalue weighted by Crippen LogP contribution is -2.19. The van der Waals surface area contributed by atoms with Crippen molar-refractivity contribution in [3.8, 4) is 0 Å². The van der Waals surface area contributed by atoms with Gasteiger partial charge in [-0.25, -0.2) is 4.79 Å². The van der Waals surface area contributed by atoms with Crippen molar-refractivity contribution in [3.05, 3.63) is 12.2 Å². The minimum atomic E-state index is -0.719. The van der Waals surface area contributed by atoms with Gasteiger partial charge in [-0.15, -0.1) is 0 Å². The fourth-order valence-corrected chi connectivity index (χ4v) is 0.324. The van der Waals surface area contributed by atoms with Crippen LogP contribution in [0, 0.1) is 0 Å². The maximum absolute atomic E-state index is 10.4. The van der Waals surface area contributed by atoms with Gasteiger partial charge in [-0.05, 0) is 6.92 Å². The Bertz CT molecular complexity index is 162. The van der Waals surface area contributed by atoms with Crippen molar-refractivity contribution < 1.29 is 14.3 Å². The van der Waals surface area contributed by atoms with Crippen LogP contribution in [0.25, 0.3) is 0 Å². The van der Waals surface area contributed by atoms with Gasteiger partial charge < -0.3 is 10.5 Å². The predicted molar refractivity (Wildman–Crippen MR) is 35.0 cm³/mol. The molecule has 10 heavy (non-hydrogen) atoms. The van der Waals surface area contributed by atoms with E-state index >= 15 is 0 Å². The first-order chi connectivity index (χ1) is 4.70. The molecule has 0 aromatic rings. The number of hydrogen-bond donors (Lipinski definition) is 1. The third-order valence-corrected chi connectivity index (χ3v) is 0.684. The number of esters is 2. The Hall–Kier alpha value is -1.16. The van der Waals surface area contributed by atoms with Gasteiger partial charge in [0.15, 0.2) is 0 Å². The normalized spacial score (nSPS) is 9.80. The van der Waals surface area contributed by atoms with E-state index in [4.69, 9.17) is 5.73 Å². The number of nitrogens with two attached hydrogens (primary N) is 1. The minimum absolute atomic E-state index is 0.275. The third-order valence-electron chi connectivity index (χ3n) is 0.684. The molecule has 0 amide bonds. The van der Waals surface area contributed by atoms with Gasteiger partial charge >= 0.3 is 11.9 Å². The second-order valence-electron chi connectivity index (χ2n) is 1.50. The van der Waals surface area contributed by atoms with Gasteiger partial charge in [0.25, 0.3) is 0 Å². The van der Waals surface area contributed by atoms with E-state index in [1.54, 1.807) is 6.92 Å². The number of carbonyl (C=O) groups is 2. The first kappa shape index (κ1) is 8.84. The summed E-state index contributed by atoms with van der Waals surface area (Å²) < 4.78 is 4.15. The Balaban J connectivity index is 3.68. The average molecular weight is 143 g/mol. The minimum Gasteiger partial charge on any atom is -0.389 e. The summed E-state index contributed by atoms with van der Waals surface area (Å²) in [7, 11) is 0. The van der Waals surface area contributed by atoms with Gasteiger partial charge in [0, 0.05) is 6.08 Å². The van der Waals surface area contributed by atoms with Crippen LogP contribution in [0.2, 0.25) is 0 Å². The molecule has 0 saturated heterocycles. The number of ether oxygens (including phenoxy) is 1. The second kappa shape index (κ2) is 4.69. The Morgan fingerprint density at radius 1 is 1.60 bits per heavy atom. The molecule has 0 heterocycles. The van der Waals surface area contributed by atoms with Crippen LogP contribution in [-0.2, 0) is 14.3 Å². The van der Waals surface area contributed by atoms with Crippen molar-refractivity contribution in [1.82, 2.24) is 0 Å². The highest BCUT2D eigenvalue weighted by atomic mass is 16.6. The van der Waals surface area contributed by atoms with E-state index < -0.39 is 11.9 Å². The van der Waals surface area contributed by atoms with Gasteiger partial charge in [-0.2, -0.15) is 0 Å². The molecule has 56 valence electrons. The van der Waals surface area contributed by atoms with Crippen molar-refractivity contribution in [1.29, 1.82) is 0 Å². The van der Waals surface area contributed by atoms with Crippen LogP contribution in [0.5, 0.6) is 0 Å². The van der Waals surface area contributed by atoms with E-state index in [0.717, 1.165) is 6.08 Å². The molecule has 0 bridgehead atoms. The van der Waals surface area contributed by atoms with Crippen LogP contribution in [0.15, 0.2) is 12.2 Å². The van der Waals surface area contributed by atoms with Crippen LogP contribution in [0.1, 0.15) is 6.92 Å². The molecular formula is C6H9NO3. The largest absolute Gasteiger partial charge is 0.389 e. The lowest BCUT2D eigenvalue weighted by Gasteiger charge is -1.93. The molecule has 0 rings (SSSR count). The van der Waals surface area contributed by atoms with E-state index in [1.165, 1.54) is 6.08 Å². The first-order valence-electron chi connectivity index (χ1n) is 2.78. The fraction of sp³-hybridized carbons (Fsp3) is 0.333. The van der Waals surface area contributed by atoms with E-state index in [0.29, 0.717) is 0 Å². The molecule has 0 radical (unpaired) electrons. The second-order valence-corrected chi connectivity index (χ2v) is 1.50. The molecule has 0 aromatic carbocycles. The Morgan fingerprint density at radius 3 is 2.60 bits per heavy atom. The number of carbonyl (C=O) groups excluding carboxylic acids is 2. The van der Waals surface area contributed by atoms with Crippen molar-refractivity contribution in [3.63, 3.8) is 0 Å². The summed E-state index contributed by atoms with van der Waals surface area (Å²) in [5.41, 5.74) is 4.87. The van der Waals surface area contributed by atoms with Gasteiger partial charge in [-0.1, -0.05) is 6.08 Å². The fourth-order valence-electron chi connectivity index (χ4n) is 0.324. The molecule has 4 nitrogen and oxygen atoms in total. The van der Waals surface area contributed by atoms with Crippen LogP contribution in [0.4, 0.5) is 0 Å². The third kappa shape index (κ3) is 3.80.